The summed E-state index contributed by atoms with van der Waals surface area (Å²) in [7, 11) is 0. The van der Waals surface area contributed by atoms with Crippen LogP contribution in [-0.4, -0.2) is 9.13 Å². The van der Waals surface area contributed by atoms with E-state index in [1.807, 2.05) is 0 Å². The average molecular weight is 585 g/mol. The highest BCUT2D eigenvalue weighted by atomic mass is 15.0. The first-order valence-corrected chi connectivity index (χ1v) is 16.2. The maximum atomic E-state index is 2.46. The minimum atomic E-state index is 0.128. The van der Waals surface area contributed by atoms with Gasteiger partial charge in [0, 0.05) is 44.8 Å². The van der Waals surface area contributed by atoms with Crippen molar-refractivity contribution in [2.45, 2.75) is 11.8 Å². The third-order valence-electron chi connectivity index (χ3n) is 10.7. The molecule has 46 heavy (non-hydrogen) atoms. The van der Waals surface area contributed by atoms with Gasteiger partial charge >= 0.3 is 0 Å². The van der Waals surface area contributed by atoms with Crippen LogP contribution in [0.3, 0.4) is 0 Å². The molecule has 0 atom stereocenters. The van der Waals surface area contributed by atoms with Crippen LogP contribution in [-0.2, 0) is 0 Å². The molecule has 7 aromatic carbocycles. The Morgan fingerprint density at radius 3 is 1.22 bits per heavy atom. The molecule has 2 nitrogen and oxygen atoms in total. The molecule has 2 heteroatoms. The second-order valence-corrected chi connectivity index (χ2v) is 12.8. The van der Waals surface area contributed by atoms with Gasteiger partial charge < -0.3 is 9.13 Å². The van der Waals surface area contributed by atoms with Gasteiger partial charge in [-0.3, -0.25) is 0 Å². The first-order valence-electron chi connectivity index (χ1n) is 16.2. The molecule has 9 aromatic rings. The van der Waals surface area contributed by atoms with Gasteiger partial charge in [-0.1, -0.05) is 109 Å². The lowest BCUT2D eigenvalue weighted by molar-refractivity contribution is 0.768. The van der Waals surface area contributed by atoms with E-state index in [9.17, 15) is 0 Å². The largest absolute Gasteiger partial charge is 0.309 e. The highest BCUT2D eigenvalue weighted by molar-refractivity contribution is 6.15. The van der Waals surface area contributed by atoms with E-state index in [4.69, 9.17) is 0 Å². The lowest BCUT2D eigenvalue weighted by atomic mass is 9.59. The topological polar surface area (TPSA) is 9.86 Å². The Kier molecular flexibility index (Phi) is 4.71. The van der Waals surface area contributed by atoms with Crippen molar-refractivity contribution in [2.75, 3.05) is 0 Å². The number of rotatable bonds is 2. The fourth-order valence-corrected chi connectivity index (χ4v) is 9.04. The molecule has 214 valence electrons. The van der Waals surface area contributed by atoms with Gasteiger partial charge in [-0.15, -0.1) is 0 Å². The Balaban J connectivity index is 1.32. The third-order valence-corrected chi connectivity index (χ3v) is 10.7. The van der Waals surface area contributed by atoms with Gasteiger partial charge in [-0.05, 0) is 81.9 Å². The van der Waals surface area contributed by atoms with Crippen LogP contribution in [0.5, 0.6) is 0 Å². The molecule has 0 amide bonds. The SMILES string of the molecule is c1ccc(-n2c3ccccc3c3c4c(ccc32)C2c3ccccc3C4c3c2ccc2c3c3ccccc3n2-c2ccccc2)cc1. The maximum absolute atomic E-state index is 2.46. The quantitative estimate of drug-likeness (QED) is 0.191. The van der Waals surface area contributed by atoms with E-state index in [0.29, 0.717) is 0 Å². The number of aromatic nitrogens is 2. The molecule has 12 rings (SSSR count). The number of fused-ring (bicyclic) bond motifs is 6. The summed E-state index contributed by atoms with van der Waals surface area (Å²) >= 11 is 0. The van der Waals surface area contributed by atoms with Crippen LogP contribution in [0.2, 0.25) is 0 Å². The minimum absolute atomic E-state index is 0.128. The van der Waals surface area contributed by atoms with E-state index in [2.05, 4.69) is 167 Å². The van der Waals surface area contributed by atoms with E-state index in [1.165, 1.54) is 88.4 Å². The van der Waals surface area contributed by atoms with Gasteiger partial charge in [-0.25, -0.2) is 0 Å². The Morgan fingerprint density at radius 2 is 0.717 bits per heavy atom. The Morgan fingerprint density at radius 1 is 0.304 bits per heavy atom. The van der Waals surface area contributed by atoms with Gasteiger partial charge in [0.2, 0.25) is 0 Å². The molecule has 3 aliphatic carbocycles. The minimum Gasteiger partial charge on any atom is -0.309 e. The lowest BCUT2D eigenvalue weighted by Crippen LogP contribution is -2.28. The summed E-state index contributed by atoms with van der Waals surface area (Å²) in [6.45, 7) is 0. The molecule has 0 spiro atoms. The fraction of sp³-hybridized carbons (Fsp3) is 0.0455. The number of hydrogen-bond acceptors (Lipinski definition) is 0. The molecular formula is C44H28N2. The zero-order chi connectivity index (χ0) is 29.9. The van der Waals surface area contributed by atoms with E-state index < -0.39 is 0 Å². The first kappa shape index (κ1) is 24.5. The molecular weight excluding hydrogens is 556 g/mol. The van der Waals surface area contributed by atoms with Crippen LogP contribution in [0.25, 0.3) is 55.0 Å². The number of benzene rings is 7. The smallest absolute Gasteiger partial charge is 0.0544 e. The van der Waals surface area contributed by atoms with Gasteiger partial charge in [0.25, 0.3) is 0 Å². The normalized spacial score (nSPS) is 16.3. The summed E-state index contributed by atoms with van der Waals surface area (Å²) < 4.78 is 4.92. The van der Waals surface area contributed by atoms with Crippen molar-refractivity contribution in [2.24, 2.45) is 0 Å². The summed E-state index contributed by atoms with van der Waals surface area (Å²) in [6.07, 6.45) is 0. The maximum Gasteiger partial charge on any atom is 0.0544 e. The summed E-state index contributed by atoms with van der Waals surface area (Å²) in [5.74, 6) is 0.321. The van der Waals surface area contributed by atoms with Gasteiger partial charge in [0.15, 0.2) is 0 Å². The molecule has 0 radical (unpaired) electrons. The summed E-state index contributed by atoms with van der Waals surface area (Å²) in [5, 5.41) is 5.42. The molecule has 0 saturated heterocycles. The molecule has 0 N–H and O–H groups in total. The molecule has 0 unspecified atom stereocenters. The van der Waals surface area contributed by atoms with Crippen molar-refractivity contribution in [1.29, 1.82) is 0 Å². The molecule has 2 bridgehead atoms. The second kappa shape index (κ2) is 8.87. The second-order valence-electron chi connectivity index (χ2n) is 12.8. The fourth-order valence-electron chi connectivity index (χ4n) is 9.04. The van der Waals surface area contributed by atoms with Crippen LogP contribution in [0.15, 0.2) is 158 Å². The molecule has 3 aliphatic rings. The van der Waals surface area contributed by atoms with Gasteiger partial charge in [0.1, 0.15) is 0 Å². The van der Waals surface area contributed by atoms with Crippen LogP contribution in [0.4, 0.5) is 0 Å². The zero-order valence-electron chi connectivity index (χ0n) is 25.1. The van der Waals surface area contributed by atoms with E-state index in [1.54, 1.807) is 0 Å². The Hall–Kier alpha value is -5.86. The van der Waals surface area contributed by atoms with Crippen LogP contribution in [0, 0.1) is 0 Å². The van der Waals surface area contributed by atoms with Crippen molar-refractivity contribution < 1.29 is 0 Å². The molecule has 2 aromatic heterocycles. The molecule has 0 fully saturated rings. The van der Waals surface area contributed by atoms with Crippen molar-refractivity contribution >= 4 is 43.6 Å². The lowest BCUT2D eigenvalue weighted by Gasteiger charge is -2.43. The highest BCUT2D eigenvalue weighted by Crippen LogP contribution is 2.60. The number of hydrogen-bond donors (Lipinski definition) is 0. The molecule has 0 aliphatic heterocycles. The predicted octanol–water partition coefficient (Wildman–Crippen LogP) is 10.9. The standard InChI is InChI=1S/C44H28N2/c1-3-13-27(14-4-1)45-35-21-11-9-19-31(35)40-37(45)25-23-33-39-29-17-7-8-18-30(29)42(43(33)40)44-34(39)24-26-38-41(44)32-20-10-12-22-36(32)46(38)28-15-5-2-6-16-28/h1-26,39,42H. The first-order chi connectivity index (χ1) is 22.9. The Bertz CT molecular complexity index is 2530. The Labute approximate surface area is 266 Å². The summed E-state index contributed by atoms with van der Waals surface area (Å²) in [6, 6.07) is 58.5. The van der Waals surface area contributed by atoms with Crippen LogP contribution < -0.4 is 0 Å². The molecule has 2 heterocycles. The zero-order valence-corrected chi connectivity index (χ0v) is 25.1. The summed E-state index contributed by atoms with van der Waals surface area (Å²) in [4.78, 5) is 0. The summed E-state index contributed by atoms with van der Waals surface area (Å²) in [5.41, 5.74) is 16.2. The van der Waals surface area contributed by atoms with E-state index >= 15 is 0 Å². The van der Waals surface area contributed by atoms with Gasteiger partial charge in [0.05, 0.1) is 22.1 Å². The molecule has 0 saturated carbocycles. The van der Waals surface area contributed by atoms with Crippen molar-refractivity contribution in [3.05, 3.63) is 191 Å². The number of para-hydroxylation sites is 4. The van der Waals surface area contributed by atoms with E-state index in [0.717, 1.165) is 0 Å². The van der Waals surface area contributed by atoms with Crippen LogP contribution in [0.1, 0.15) is 45.2 Å². The number of nitrogens with zero attached hydrogens (tertiary/aromatic N) is 2. The van der Waals surface area contributed by atoms with E-state index in [-0.39, 0.29) is 11.8 Å². The third kappa shape index (κ3) is 2.97. The van der Waals surface area contributed by atoms with Gasteiger partial charge in [-0.2, -0.15) is 0 Å². The van der Waals surface area contributed by atoms with Crippen molar-refractivity contribution in [3.8, 4) is 11.4 Å². The predicted molar refractivity (Wildman–Crippen MR) is 190 cm³/mol. The highest BCUT2D eigenvalue weighted by Gasteiger charge is 2.44. The average Bonchev–Trinajstić information content (AvgIpc) is 3.65. The van der Waals surface area contributed by atoms with Crippen LogP contribution >= 0.6 is 0 Å². The monoisotopic (exact) mass is 584 g/mol. The van der Waals surface area contributed by atoms with Crippen molar-refractivity contribution in [1.82, 2.24) is 9.13 Å². The van der Waals surface area contributed by atoms with Crippen molar-refractivity contribution in [3.63, 3.8) is 0 Å².